The van der Waals surface area contributed by atoms with Crippen LogP contribution in [-0.2, 0) is 0 Å². The number of nitrogens with zero attached hydrogens (tertiary/aromatic N) is 7. The van der Waals surface area contributed by atoms with Gasteiger partial charge in [0.1, 0.15) is 0 Å². The first-order valence-corrected chi connectivity index (χ1v) is 7.02. The van der Waals surface area contributed by atoms with E-state index in [4.69, 9.17) is 0 Å². The molecule has 7 heteroatoms. The standard InChI is InChI=1S/C16H8N7/c1-3-11-17-9(1)10-2-4-12(18-10)20-14-6-8-16(22-14)23-15-7-5-13(19-11)21-15/h1-8H/q-3. The van der Waals surface area contributed by atoms with E-state index in [9.17, 15) is 0 Å². The van der Waals surface area contributed by atoms with E-state index >= 15 is 0 Å². The molecule has 8 bridgehead atoms. The number of aromatic nitrogens is 7. The van der Waals surface area contributed by atoms with Gasteiger partial charge in [0.2, 0.25) is 0 Å². The number of fused-ring (bicyclic) bond motifs is 9. The van der Waals surface area contributed by atoms with E-state index in [1.54, 1.807) is 24.3 Å². The molecule has 4 aromatic heterocycles. The largest absolute Gasteiger partial charge is 0.428 e. The molecule has 5 rings (SSSR count). The predicted molar refractivity (Wildman–Crippen MR) is 85.5 cm³/mol. The highest BCUT2D eigenvalue weighted by Gasteiger charge is 1.98. The van der Waals surface area contributed by atoms with Gasteiger partial charge >= 0.3 is 0 Å². The summed E-state index contributed by atoms with van der Waals surface area (Å²) < 4.78 is 0. The molecule has 0 aromatic carbocycles. The molecule has 0 fully saturated rings. The number of hydrogen-bond acceptors (Lipinski definition) is 4. The fourth-order valence-electron chi connectivity index (χ4n) is 2.40. The molecule has 7 nitrogen and oxygen atoms in total. The Bertz CT molecular complexity index is 1180. The minimum Gasteiger partial charge on any atom is -0.428 e. The van der Waals surface area contributed by atoms with Crippen LogP contribution in [0.15, 0.2) is 36.4 Å². The van der Waals surface area contributed by atoms with Crippen molar-refractivity contribution in [2.45, 2.75) is 0 Å². The highest BCUT2D eigenvalue weighted by molar-refractivity contribution is 5.79. The van der Waals surface area contributed by atoms with Gasteiger partial charge in [0.05, 0.1) is 11.5 Å². The maximum absolute atomic E-state index is 4.46. The van der Waals surface area contributed by atoms with E-state index in [-0.39, 0.29) is 0 Å². The van der Waals surface area contributed by atoms with Crippen molar-refractivity contribution in [1.29, 1.82) is 0 Å². The van der Waals surface area contributed by atoms with Gasteiger partial charge in [-0.2, -0.15) is 0 Å². The first kappa shape index (κ1) is 12.1. The van der Waals surface area contributed by atoms with Crippen molar-refractivity contribution in [1.82, 2.24) is 34.9 Å². The third-order valence-electron chi connectivity index (χ3n) is 3.42. The molecule has 110 valence electrons. The maximum Gasteiger partial charge on any atom is 0.0845 e. The number of rotatable bonds is 0. The molecule has 0 saturated carbocycles. The van der Waals surface area contributed by atoms with Crippen LogP contribution in [0, 0.1) is 0 Å². The van der Waals surface area contributed by atoms with Gasteiger partial charge in [0.25, 0.3) is 0 Å². The van der Waals surface area contributed by atoms with E-state index in [1.807, 2.05) is 24.3 Å². The van der Waals surface area contributed by atoms with Crippen LogP contribution in [0.3, 0.4) is 0 Å². The minimum absolute atomic E-state index is 0.559. The highest BCUT2D eigenvalue weighted by atomic mass is 15.0. The lowest BCUT2D eigenvalue weighted by molar-refractivity contribution is 1.18. The first-order chi connectivity index (χ1) is 11.3. The summed E-state index contributed by atoms with van der Waals surface area (Å²) in [5.74, 6) is 0.592. The van der Waals surface area contributed by atoms with Gasteiger partial charge in [-0.05, 0) is 47.6 Å². The van der Waals surface area contributed by atoms with Gasteiger partial charge in [-0.15, -0.1) is 0 Å². The van der Waals surface area contributed by atoms with Gasteiger partial charge in [-0.3, -0.25) is 0 Å². The van der Waals surface area contributed by atoms with Crippen molar-refractivity contribution in [3.63, 3.8) is 0 Å². The molecule has 0 radical (unpaired) electrons. The second-order valence-corrected chi connectivity index (χ2v) is 5.04. The highest BCUT2D eigenvalue weighted by Crippen LogP contribution is 2.14. The normalized spacial score (nSPS) is 12.2. The second kappa shape index (κ2) is 4.51. The molecule has 5 heterocycles. The molecule has 0 spiro atoms. The molecule has 0 aliphatic carbocycles. The van der Waals surface area contributed by atoms with Crippen LogP contribution in [0.5, 0.6) is 0 Å². The van der Waals surface area contributed by atoms with Crippen LogP contribution in [0.25, 0.3) is 45.9 Å². The van der Waals surface area contributed by atoms with Crippen LogP contribution >= 0.6 is 0 Å². The molecular formula is C16H8N7-3. The maximum atomic E-state index is 4.46. The number of hydrogen-bond donors (Lipinski definition) is 0. The zero-order chi connectivity index (χ0) is 15.2. The van der Waals surface area contributed by atoms with Crippen molar-refractivity contribution in [3.8, 4) is 0 Å². The summed E-state index contributed by atoms with van der Waals surface area (Å²) in [6, 6.07) is 10.9. The Morgan fingerprint density at radius 2 is 1.09 bits per heavy atom. The molecule has 1 aliphatic rings. The summed E-state index contributed by atoms with van der Waals surface area (Å²) in [6.07, 6.45) is 3.71. The third kappa shape index (κ3) is 2.15. The van der Waals surface area contributed by atoms with E-state index < -0.39 is 0 Å². The average molecular weight is 298 g/mol. The quantitative estimate of drug-likeness (QED) is 0.430. The van der Waals surface area contributed by atoms with Gasteiger partial charge < -0.3 is 29.9 Å². The smallest absolute Gasteiger partial charge is 0.0845 e. The van der Waals surface area contributed by atoms with Gasteiger partial charge in [-0.25, -0.2) is 4.98 Å². The Kier molecular flexibility index (Phi) is 2.37. The predicted octanol–water partition coefficient (Wildman–Crippen LogP) is 1.77. The van der Waals surface area contributed by atoms with Crippen molar-refractivity contribution in [2.75, 3.05) is 0 Å². The summed E-state index contributed by atoms with van der Waals surface area (Å²) >= 11 is 0. The van der Waals surface area contributed by atoms with Crippen LogP contribution in [0.1, 0.15) is 11.5 Å². The molecule has 23 heavy (non-hydrogen) atoms. The third-order valence-corrected chi connectivity index (χ3v) is 3.42. The molecule has 0 atom stereocenters. The van der Waals surface area contributed by atoms with Crippen LogP contribution in [0.4, 0.5) is 0 Å². The summed E-state index contributed by atoms with van der Waals surface area (Å²) in [7, 11) is 0. The van der Waals surface area contributed by atoms with Crippen LogP contribution < -0.4 is 15.0 Å². The van der Waals surface area contributed by atoms with Crippen molar-refractivity contribution >= 4 is 45.9 Å². The average Bonchev–Trinajstić information content (AvgIpc) is 3.28. The van der Waals surface area contributed by atoms with Gasteiger partial charge in [0, 0.05) is 22.6 Å². The Hall–Kier alpha value is -3.48. The summed E-state index contributed by atoms with van der Waals surface area (Å²) in [5.41, 5.74) is 4.35. The van der Waals surface area contributed by atoms with Crippen molar-refractivity contribution in [3.05, 3.63) is 47.9 Å². The topological polar surface area (TPSA) is 93.9 Å². The minimum atomic E-state index is 0.559. The fraction of sp³-hybridized carbons (Fsp3) is 0. The lowest BCUT2D eigenvalue weighted by Crippen LogP contribution is -1.82. The summed E-state index contributed by atoms with van der Waals surface area (Å²) in [5, 5.41) is 0. The van der Waals surface area contributed by atoms with E-state index in [0.29, 0.717) is 34.1 Å². The molecule has 0 amide bonds. The van der Waals surface area contributed by atoms with Crippen LogP contribution in [0.2, 0.25) is 0 Å². The zero-order valence-electron chi connectivity index (χ0n) is 11.7. The lowest BCUT2D eigenvalue weighted by Gasteiger charge is -1.92. The Balaban J connectivity index is 1.93. The zero-order valence-corrected chi connectivity index (χ0v) is 11.7. The lowest BCUT2D eigenvalue weighted by atomic mass is 10.4. The Morgan fingerprint density at radius 3 is 1.78 bits per heavy atom. The first-order valence-electron chi connectivity index (χ1n) is 7.02. The molecule has 0 N–H and O–H groups in total. The SMILES string of the molecule is C1=Cc2nc1nc1ccc(nc3ccc(nc4ccc2[n-]4)[n-]3)[n-]1. The fourth-order valence-corrected chi connectivity index (χ4v) is 2.40. The molecule has 1 aliphatic heterocycles. The summed E-state index contributed by atoms with van der Waals surface area (Å²) in [6.45, 7) is 0. The van der Waals surface area contributed by atoms with E-state index in [2.05, 4.69) is 34.9 Å². The molecule has 4 aromatic rings. The van der Waals surface area contributed by atoms with E-state index in [0.717, 1.165) is 11.2 Å². The van der Waals surface area contributed by atoms with Gasteiger partial charge in [0.15, 0.2) is 0 Å². The Morgan fingerprint density at radius 1 is 0.522 bits per heavy atom. The Labute approximate surface area is 129 Å². The van der Waals surface area contributed by atoms with Crippen LogP contribution in [-0.4, -0.2) is 19.9 Å². The molecule has 0 saturated heterocycles. The monoisotopic (exact) mass is 298 g/mol. The summed E-state index contributed by atoms with van der Waals surface area (Å²) in [4.78, 5) is 30.8. The second-order valence-electron chi connectivity index (χ2n) is 5.04. The van der Waals surface area contributed by atoms with E-state index in [1.165, 1.54) is 0 Å². The molecule has 0 unspecified atom stereocenters. The van der Waals surface area contributed by atoms with Crippen molar-refractivity contribution < 1.29 is 0 Å². The van der Waals surface area contributed by atoms with Crippen molar-refractivity contribution in [2.24, 2.45) is 0 Å². The molecular weight excluding hydrogens is 290 g/mol. The van der Waals surface area contributed by atoms with Gasteiger partial charge in [-0.1, -0.05) is 12.1 Å².